The Hall–Kier alpha value is -1.51. The first-order chi connectivity index (χ1) is 6.70. The number of carbonyl (C=O) groups is 1. The van der Waals surface area contributed by atoms with Crippen LogP contribution in [0.1, 0.15) is 29.8 Å². The molecule has 0 aliphatic rings. The Morgan fingerprint density at radius 1 is 1.43 bits per heavy atom. The molecule has 0 spiro atoms. The van der Waals surface area contributed by atoms with Crippen molar-refractivity contribution in [1.82, 2.24) is 0 Å². The minimum atomic E-state index is -0.347. The number of aryl methyl sites for hydroxylation is 1. The Bertz CT molecular complexity index is 334. The van der Waals surface area contributed by atoms with Crippen molar-refractivity contribution in [1.29, 1.82) is 0 Å². The van der Waals surface area contributed by atoms with E-state index in [2.05, 4.69) is 0 Å². The molecule has 1 aromatic rings. The molecule has 0 atom stereocenters. The number of anilines is 1. The molecule has 1 rings (SSSR count). The van der Waals surface area contributed by atoms with Crippen molar-refractivity contribution in [2.75, 3.05) is 12.3 Å². The molecule has 76 valence electrons. The molecule has 0 aromatic heterocycles. The van der Waals surface area contributed by atoms with Gasteiger partial charge in [-0.1, -0.05) is 19.1 Å². The molecule has 0 radical (unpaired) electrons. The highest BCUT2D eigenvalue weighted by Crippen LogP contribution is 2.18. The van der Waals surface area contributed by atoms with Gasteiger partial charge in [0.2, 0.25) is 0 Å². The molecule has 0 unspecified atom stereocenters. The first-order valence-electron chi connectivity index (χ1n) is 4.75. The Labute approximate surface area is 83.9 Å². The molecule has 0 saturated carbocycles. The van der Waals surface area contributed by atoms with Crippen molar-refractivity contribution in [3.8, 4) is 0 Å². The van der Waals surface area contributed by atoms with Crippen molar-refractivity contribution in [2.24, 2.45) is 0 Å². The van der Waals surface area contributed by atoms with Crippen molar-refractivity contribution in [3.63, 3.8) is 0 Å². The van der Waals surface area contributed by atoms with E-state index < -0.39 is 0 Å². The van der Waals surface area contributed by atoms with Gasteiger partial charge in [-0.2, -0.15) is 0 Å². The second-order valence-corrected chi connectivity index (χ2v) is 2.95. The molecule has 0 amide bonds. The number of nitrogen functional groups attached to an aromatic ring is 1. The lowest BCUT2D eigenvalue weighted by molar-refractivity contribution is 0.0527. The number of nitrogens with two attached hydrogens (primary N) is 1. The number of benzene rings is 1. The topological polar surface area (TPSA) is 52.3 Å². The van der Waals surface area contributed by atoms with Crippen LogP contribution >= 0.6 is 0 Å². The molecule has 0 bridgehead atoms. The van der Waals surface area contributed by atoms with Gasteiger partial charge < -0.3 is 10.5 Å². The lowest BCUT2D eigenvalue weighted by atomic mass is 10.1. The van der Waals surface area contributed by atoms with E-state index >= 15 is 0 Å². The molecule has 0 aliphatic heterocycles. The minimum Gasteiger partial charge on any atom is -0.462 e. The number of hydrogen-bond acceptors (Lipinski definition) is 3. The minimum absolute atomic E-state index is 0.347. The van der Waals surface area contributed by atoms with Gasteiger partial charge in [-0.15, -0.1) is 0 Å². The first kappa shape index (κ1) is 10.6. The predicted octanol–water partition coefficient (Wildman–Crippen LogP) is 2.01. The average molecular weight is 193 g/mol. The van der Waals surface area contributed by atoms with Gasteiger partial charge in [-0.05, 0) is 25.0 Å². The highest BCUT2D eigenvalue weighted by Gasteiger charge is 2.11. The van der Waals surface area contributed by atoms with Crippen LogP contribution in [0, 0.1) is 0 Å². The highest BCUT2D eigenvalue weighted by molar-refractivity contribution is 5.95. The Morgan fingerprint density at radius 3 is 2.71 bits per heavy atom. The lowest BCUT2D eigenvalue weighted by Crippen LogP contribution is -2.09. The summed E-state index contributed by atoms with van der Waals surface area (Å²) in [7, 11) is 0. The summed E-state index contributed by atoms with van der Waals surface area (Å²) in [6, 6.07) is 5.42. The third-order valence-corrected chi connectivity index (χ3v) is 2.07. The van der Waals surface area contributed by atoms with Crippen LogP contribution in [-0.2, 0) is 11.2 Å². The normalized spacial score (nSPS) is 9.86. The Morgan fingerprint density at radius 2 is 2.14 bits per heavy atom. The van der Waals surface area contributed by atoms with Gasteiger partial charge in [0.1, 0.15) is 0 Å². The van der Waals surface area contributed by atoms with Crippen molar-refractivity contribution >= 4 is 11.7 Å². The second-order valence-electron chi connectivity index (χ2n) is 2.95. The summed E-state index contributed by atoms with van der Waals surface area (Å²) in [4.78, 5) is 11.4. The van der Waals surface area contributed by atoms with Gasteiger partial charge in [0.15, 0.2) is 0 Å². The van der Waals surface area contributed by atoms with E-state index in [1.807, 2.05) is 19.1 Å². The fraction of sp³-hybridized carbons (Fsp3) is 0.364. The summed E-state index contributed by atoms with van der Waals surface area (Å²) in [6.45, 7) is 4.15. The Kier molecular flexibility index (Phi) is 3.51. The van der Waals surface area contributed by atoms with E-state index in [-0.39, 0.29) is 5.97 Å². The number of hydrogen-bond donors (Lipinski definition) is 1. The predicted molar refractivity (Wildman–Crippen MR) is 56.2 cm³/mol. The van der Waals surface area contributed by atoms with Gasteiger partial charge in [0.05, 0.1) is 12.2 Å². The summed E-state index contributed by atoms with van der Waals surface area (Å²) in [5, 5.41) is 0. The van der Waals surface area contributed by atoms with Crippen LogP contribution in [0.15, 0.2) is 18.2 Å². The molecular formula is C11H15NO2. The van der Waals surface area contributed by atoms with Crippen molar-refractivity contribution in [2.45, 2.75) is 20.3 Å². The van der Waals surface area contributed by atoms with Crippen LogP contribution < -0.4 is 5.73 Å². The number of para-hydroxylation sites is 1. The maximum Gasteiger partial charge on any atom is 0.340 e. The molecule has 1 aromatic carbocycles. The number of rotatable bonds is 3. The SMILES string of the molecule is CCOC(=O)c1cccc(CC)c1N. The largest absolute Gasteiger partial charge is 0.462 e. The van der Waals surface area contributed by atoms with Crippen LogP contribution in [-0.4, -0.2) is 12.6 Å². The zero-order valence-corrected chi connectivity index (χ0v) is 8.54. The summed E-state index contributed by atoms with van der Waals surface area (Å²) in [5.41, 5.74) is 7.81. The summed E-state index contributed by atoms with van der Waals surface area (Å²) in [6.07, 6.45) is 0.819. The van der Waals surface area contributed by atoms with E-state index in [1.165, 1.54) is 0 Å². The first-order valence-corrected chi connectivity index (χ1v) is 4.75. The quantitative estimate of drug-likeness (QED) is 0.590. The van der Waals surface area contributed by atoms with Gasteiger partial charge in [0.25, 0.3) is 0 Å². The van der Waals surface area contributed by atoms with Crippen LogP contribution in [0.4, 0.5) is 5.69 Å². The molecule has 2 N–H and O–H groups in total. The molecule has 3 heteroatoms. The summed E-state index contributed by atoms with van der Waals surface area (Å²) in [5.74, 6) is -0.347. The maximum absolute atomic E-state index is 11.4. The van der Waals surface area contributed by atoms with Crippen LogP contribution in [0.3, 0.4) is 0 Å². The third kappa shape index (κ3) is 2.05. The molecule has 14 heavy (non-hydrogen) atoms. The van der Waals surface area contributed by atoms with Crippen LogP contribution in [0.5, 0.6) is 0 Å². The fourth-order valence-corrected chi connectivity index (χ4v) is 1.31. The lowest BCUT2D eigenvalue weighted by Gasteiger charge is -2.08. The van der Waals surface area contributed by atoms with E-state index in [9.17, 15) is 4.79 Å². The zero-order chi connectivity index (χ0) is 10.6. The molecule has 0 aliphatic carbocycles. The molecule has 0 heterocycles. The van der Waals surface area contributed by atoms with Gasteiger partial charge in [0, 0.05) is 5.69 Å². The van der Waals surface area contributed by atoms with Gasteiger partial charge in [-0.3, -0.25) is 0 Å². The maximum atomic E-state index is 11.4. The highest BCUT2D eigenvalue weighted by atomic mass is 16.5. The van der Waals surface area contributed by atoms with E-state index in [0.717, 1.165) is 12.0 Å². The zero-order valence-electron chi connectivity index (χ0n) is 8.54. The van der Waals surface area contributed by atoms with E-state index in [0.29, 0.717) is 17.9 Å². The molecule has 0 saturated heterocycles. The Balaban J connectivity index is 3.03. The monoisotopic (exact) mass is 193 g/mol. The van der Waals surface area contributed by atoms with E-state index in [4.69, 9.17) is 10.5 Å². The van der Waals surface area contributed by atoms with Gasteiger partial charge in [-0.25, -0.2) is 4.79 Å². The molecule has 0 fully saturated rings. The van der Waals surface area contributed by atoms with Crippen LogP contribution in [0.2, 0.25) is 0 Å². The van der Waals surface area contributed by atoms with Crippen molar-refractivity contribution < 1.29 is 9.53 Å². The fourth-order valence-electron chi connectivity index (χ4n) is 1.31. The van der Waals surface area contributed by atoms with Crippen molar-refractivity contribution in [3.05, 3.63) is 29.3 Å². The number of esters is 1. The standard InChI is InChI=1S/C11H15NO2/c1-3-8-6-5-7-9(10(8)12)11(13)14-4-2/h5-7H,3-4,12H2,1-2H3. The summed E-state index contributed by atoms with van der Waals surface area (Å²) >= 11 is 0. The van der Waals surface area contributed by atoms with Gasteiger partial charge >= 0.3 is 5.97 Å². The molecule has 3 nitrogen and oxygen atoms in total. The average Bonchev–Trinajstić information content (AvgIpc) is 2.18. The summed E-state index contributed by atoms with van der Waals surface area (Å²) < 4.78 is 4.89. The number of carbonyl (C=O) groups excluding carboxylic acids is 1. The number of ether oxygens (including phenoxy) is 1. The van der Waals surface area contributed by atoms with E-state index in [1.54, 1.807) is 13.0 Å². The second kappa shape index (κ2) is 4.65. The third-order valence-electron chi connectivity index (χ3n) is 2.07. The molecular weight excluding hydrogens is 178 g/mol. The smallest absolute Gasteiger partial charge is 0.340 e. The van der Waals surface area contributed by atoms with Crippen LogP contribution in [0.25, 0.3) is 0 Å².